The number of carbonyl (C=O) groups is 1. The molecule has 0 radical (unpaired) electrons. The van der Waals surface area contributed by atoms with Gasteiger partial charge >= 0.3 is 0 Å². The summed E-state index contributed by atoms with van der Waals surface area (Å²) in [4.78, 5) is 17.4. The Hall–Kier alpha value is -3.65. The van der Waals surface area contributed by atoms with Crippen LogP contribution in [0.3, 0.4) is 0 Å². The Morgan fingerprint density at radius 3 is 2.79 bits per heavy atom. The smallest absolute Gasteiger partial charge is 0.283 e. The van der Waals surface area contributed by atoms with E-state index in [1.54, 1.807) is 11.1 Å². The predicted molar refractivity (Wildman–Crippen MR) is 155 cm³/mol. The second-order valence-electron chi connectivity index (χ2n) is 10.2. The van der Waals surface area contributed by atoms with Crippen molar-refractivity contribution in [3.63, 3.8) is 0 Å². The molecule has 1 amide bonds. The number of aliphatic imine (C=N–C) groups is 1. The SMILES string of the molecule is Cc1ccc(C)c(OCCn2cc(/C=C3/C(=N)N4N=C(C5CCCCC5)SC4=NC3=O)c3ccccc32)c1. The van der Waals surface area contributed by atoms with E-state index in [1.807, 2.05) is 24.4 Å². The summed E-state index contributed by atoms with van der Waals surface area (Å²) in [6.45, 7) is 5.29. The lowest BCUT2D eigenvalue weighted by atomic mass is 9.90. The highest BCUT2D eigenvalue weighted by Crippen LogP contribution is 2.36. The molecule has 3 heterocycles. The van der Waals surface area contributed by atoms with E-state index in [0.29, 0.717) is 24.2 Å². The van der Waals surface area contributed by atoms with Crippen LogP contribution < -0.4 is 4.74 Å². The molecule has 38 heavy (non-hydrogen) atoms. The van der Waals surface area contributed by atoms with Crippen LogP contribution in [-0.4, -0.2) is 38.1 Å². The first kappa shape index (κ1) is 24.7. The summed E-state index contributed by atoms with van der Waals surface area (Å²) >= 11 is 1.45. The molecule has 2 aromatic carbocycles. The zero-order chi connectivity index (χ0) is 26.2. The number of thioether (sulfide) groups is 1. The molecule has 0 atom stereocenters. The van der Waals surface area contributed by atoms with Crippen molar-refractivity contribution in [2.75, 3.05) is 6.61 Å². The molecule has 3 aliphatic rings. The summed E-state index contributed by atoms with van der Waals surface area (Å²) in [7, 11) is 0. The van der Waals surface area contributed by atoms with Gasteiger partial charge < -0.3 is 9.30 Å². The van der Waals surface area contributed by atoms with Crippen LogP contribution >= 0.6 is 11.8 Å². The van der Waals surface area contributed by atoms with Crippen molar-refractivity contribution in [1.29, 1.82) is 5.41 Å². The first-order valence-corrected chi connectivity index (χ1v) is 14.1. The standard InChI is InChI=1S/C30H31N5O2S/c1-19-12-13-20(2)26(16-19)37-15-14-34-18-22(23-10-6-7-11-25(23)34)17-24-27(31)35-30(32-28(24)36)38-29(33-35)21-8-4-3-5-9-21/h6-7,10-13,16-18,21,31H,3-5,8-9,14-15H2,1-2H3/b24-17-,31-27?. The van der Waals surface area contributed by atoms with Gasteiger partial charge in [-0.3, -0.25) is 10.2 Å². The summed E-state index contributed by atoms with van der Waals surface area (Å²) in [5.74, 6) is 1.01. The molecule has 1 saturated carbocycles. The maximum Gasteiger partial charge on any atom is 0.283 e. The molecule has 2 aliphatic heterocycles. The number of hydrazone groups is 1. The topological polar surface area (TPSA) is 83.0 Å². The normalized spacial score (nSPS) is 19.2. The Balaban J connectivity index is 1.26. The van der Waals surface area contributed by atoms with Crippen molar-refractivity contribution in [3.05, 3.63) is 70.9 Å². The molecule has 7 nitrogen and oxygen atoms in total. The highest BCUT2D eigenvalue weighted by molar-refractivity contribution is 8.27. The van der Waals surface area contributed by atoms with Gasteiger partial charge in [-0.25, -0.2) is 0 Å². The molecule has 6 rings (SSSR count). The Morgan fingerprint density at radius 1 is 1.13 bits per heavy atom. The largest absolute Gasteiger partial charge is 0.491 e. The summed E-state index contributed by atoms with van der Waals surface area (Å²) in [5.41, 5.74) is 4.47. The van der Waals surface area contributed by atoms with Gasteiger partial charge in [-0.2, -0.15) is 15.1 Å². The first-order valence-electron chi connectivity index (χ1n) is 13.3. The summed E-state index contributed by atoms with van der Waals surface area (Å²) < 4.78 is 8.25. The third-order valence-electron chi connectivity index (χ3n) is 7.48. The molecule has 0 spiro atoms. The van der Waals surface area contributed by atoms with Crippen LogP contribution in [0.15, 0.2) is 64.3 Å². The van der Waals surface area contributed by atoms with Gasteiger partial charge in [0.2, 0.25) is 5.17 Å². The van der Waals surface area contributed by atoms with Crippen LogP contribution in [0, 0.1) is 25.2 Å². The van der Waals surface area contributed by atoms with Gasteiger partial charge in [-0.15, -0.1) is 0 Å². The number of amidine groups is 2. The molecule has 0 unspecified atom stereocenters. The number of nitrogens with one attached hydrogen (secondary N) is 1. The van der Waals surface area contributed by atoms with Gasteiger partial charge in [0.05, 0.1) is 12.1 Å². The van der Waals surface area contributed by atoms with E-state index in [4.69, 9.17) is 15.2 Å². The van der Waals surface area contributed by atoms with E-state index >= 15 is 0 Å². The fourth-order valence-corrected chi connectivity index (χ4v) is 6.43. The number of ether oxygens (including phenoxy) is 1. The maximum atomic E-state index is 13.1. The minimum absolute atomic E-state index is 0.0911. The second-order valence-corrected chi connectivity index (χ2v) is 11.2. The predicted octanol–water partition coefficient (Wildman–Crippen LogP) is 6.54. The molecular weight excluding hydrogens is 494 g/mol. The maximum absolute atomic E-state index is 13.1. The molecule has 8 heteroatoms. The molecule has 1 N–H and O–H groups in total. The molecule has 1 fully saturated rings. The number of para-hydroxylation sites is 1. The van der Waals surface area contributed by atoms with Gasteiger partial charge in [0.15, 0.2) is 5.84 Å². The number of aryl methyl sites for hydroxylation is 2. The minimum Gasteiger partial charge on any atom is -0.491 e. The number of hydrogen-bond acceptors (Lipinski definition) is 5. The van der Waals surface area contributed by atoms with Gasteiger partial charge in [-0.1, -0.05) is 49.6 Å². The zero-order valence-corrected chi connectivity index (χ0v) is 22.6. The van der Waals surface area contributed by atoms with Crippen LogP contribution in [0.4, 0.5) is 0 Å². The van der Waals surface area contributed by atoms with Crippen molar-refractivity contribution in [3.8, 4) is 5.75 Å². The Morgan fingerprint density at radius 2 is 1.95 bits per heavy atom. The second kappa shape index (κ2) is 10.3. The zero-order valence-electron chi connectivity index (χ0n) is 21.7. The first-order chi connectivity index (χ1) is 18.5. The molecule has 3 aromatic rings. The Bertz CT molecular complexity index is 1530. The van der Waals surface area contributed by atoms with Crippen molar-refractivity contribution in [2.24, 2.45) is 16.0 Å². The van der Waals surface area contributed by atoms with Gasteiger partial charge in [-0.05, 0) is 67.8 Å². The van der Waals surface area contributed by atoms with Crippen LogP contribution in [0.1, 0.15) is 48.8 Å². The Labute approximate surface area is 226 Å². The van der Waals surface area contributed by atoms with Gasteiger partial charge in [0.1, 0.15) is 17.4 Å². The lowest BCUT2D eigenvalue weighted by Crippen LogP contribution is -2.35. The van der Waals surface area contributed by atoms with E-state index in [2.05, 4.69) is 47.7 Å². The van der Waals surface area contributed by atoms with Crippen LogP contribution in [-0.2, 0) is 11.3 Å². The van der Waals surface area contributed by atoms with Crippen molar-refractivity contribution in [1.82, 2.24) is 9.58 Å². The number of fused-ring (bicyclic) bond motifs is 2. The van der Waals surface area contributed by atoms with Gasteiger partial charge in [0, 0.05) is 28.6 Å². The molecular formula is C30H31N5O2S. The van der Waals surface area contributed by atoms with E-state index in [0.717, 1.165) is 45.7 Å². The van der Waals surface area contributed by atoms with E-state index in [-0.39, 0.29) is 17.3 Å². The van der Waals surface area contributed by atoms with Crippen LogP contribution in [0.25, 0.3) is 17.0 Å². The number of carbonyl (C=O) groups excluding carboxylic acids is 1. The summed E-state index contributed by atoms with van der Waals surface area (Å²) in [6.07, 6.45) is 9.72. The monoisotopic (exact) mass is 525 g/mol. The fraction of sp³-hybridized carbons (Fsp3) is 0.333. The highest BCUT2D eigenvalue weighted by atomic mass is 32.2. The molecule has 0 saturated heterocycles. The van der Waals surface area contributed by atoms with Gasteiger partial charge in [0.25, 0.3) is 5.91 Å². The van der Waals surface area contributed by atoms with Crippen molar-refractivity contribution >= 4 is 50.7 Å². The van der Waals surface area contributed by atoms with E-state index in [1.165, 1.54) is 36.6 Å². The number of nitrogens with zero attached hydrogens (tertiary/aromatic N) is 4. The van der Waals surface area contributed by atoms with Crippen molar-refractivity contribution < 1.29 is 9.53 Å². The number of amides is 1. The molecule has 194 valence electrons. The van der Waals surface area contributed by atoms with E-state index < -0.39 is 0 Å². The molecule has 0 bridgehead atoms. The quantitative estimate of drug-likeness (QED) is 0.371. The average Bonchev–Trinajstić information content (AvgIpc) is 3.51. The number of benzene rings is 2. The number of aromatic nitrogens is 1. The average molecular weight is 526 g/mol. The summed E-state index contributed by atoms with van der Waals surface area (Å²) in [6, 6.07) is 14.3. The van der Waals surface area contributed by atoms with Crippen molar-refractivity contribution in [2.45, 2.75) is 52.5 Å². The molecule has 1 aromatic heterocycles. The molecule has 1 aliphatic carbocycles. The van der Waals surface area contributed by atoms with Crippen LogP contribution in [0.2, 0.25) is 0 Å². The van der Waals surface area contributed by atoms with Crippen LogP contribution in [0.5, 0.6) is 5.75 Å². The number of hydrogen-bond donors (Lipinski definition) is 1. The highest BCUT2D eigenvalue weighted by Gasteiger charge is 2.38. The third kappa shape index (κ3) is 4.69. The number of rotatable bonds is 6. The minimum atomic E-state index is -0.385. The lowest BCUT2D eigenvalue weighted by molar-refractivity contribution is -0.114. The summed E-state index contributed by atoms with van der Waals surface area (Å²) in [5, 5.41) is 17.6. The lowest BCUT2D eigenvalue weighted by Gasteiger charge is -2.20. The Kier molecular flexibility index (Phi) is 6.66. The third-order valence-corrected chi connectivity index (χ3v) is 8.55. The van der Waals surface area contributed by atoms with E-state index in [9.17, 15) is 4.79 Å². The fourth-order valence-electron chi connectivity index (χ4n) is 5.37.